The van der Waals surface area contributed by atoms with Gasteiger partial charge in [-0.25, -0.2) is 0 Å². The van der Waals surface area contributed by atoms with Crippen LogP contribution in [0.2, 0.25) is 0 Å². The van der Waals surface area contributed by atoms with Gasteiger partial charge in [0, 0.05) is 11.9 Å². The third kappa shape index (κ3) is 2.30. The van der Waals surface area contributed by atoms with Gasteiger partial charge in [-0.05, 0) is 36.2 Å². The molecule has 0 aliphatic carbocycles. The summed E-state index contributed by atoms with van der Waals surface area (Å²) in [5.41, 5.74) is 11.4. The summed E-state index contributed by atoms with van der Waals surface area (Å²) in [6.45, 7) is 2.62. The fourth-order valence-corrected chi connectivity index (χ4v) is 2.33. The molecule has 1 aliphatic heterocycles. The summed E-state index contributed by atoms with van der Waals surface area (Å²) in [5.74, 6) is 0.0112. The predicted octanol–water partition coefficient (Wildman–Crippen LogP) is 2.08. The molecule has 3 rings (SSSR count). The van der Waals surface area contributed by atoms with Crippen molar-refractivity contribution >= 4 is 23.0 Å². The first kappa shape index (κ1) is 12.5. The van der Waals surface area contributed by atoms with Gasteiger partial charge in [-0.15, -0.1) is 0 Å². The van der Waals surface area contributed by atoms with Crippen molar-refractivity contribution < 1.29 is 4.79 Å². The fraction of sp³-hybridized carbons (Fsp3) is 0.200. The van der Waals surface area contributed by atoms with E-state index in [4.69, 9.17) is 5.73 Å². The lowest BCUT2D eigenvalue weighted by Crippen LogP contribution is -2.06. The molecule has 1 aromatic heterocycles. The minimum atomic E-state index is 0.0112. The standard InChI is InChI=1S/C15H16N4O/c1-9-3-2-4-17-14(9)8-18-13-7-12-10(5-11(13)16)6-15(20)19-12/h2-5,7,18H,6,8,16H2,1H3,(H,19,20). The van der Waals surface area contributed by atoms with E-state index >= 15 is 0 Å². The first-order valence-corrected chi connectivity index (χ1v) is 6.50. The second kappa shape index (κ2) is 4.85. The molecular formula is C15H16N4O. The number of aromatic nitrogens is 1. The van der Waals surface area contributed by atoms with Crippen molar-refractivity contribution in [1.82, 2.24) is 4.98 Å². The molecule has 5 heteroatoms. The van der Waals surface area contributed by atoms with Gasteiger partial charge in [-0.1, -0.05) is 6.07 Å². The number of hydrogen-bond acceptors (Lipinski definition) is 4. The monoisotopic (exact) mass is 268 g/mol. The van der Waals surface area contributed by atoms with Crippen LogP contribution in [0.15, 0.2) is 30.5 Å². The summed E-state index contributed by atoms with van der Waals surface area (Å²) in [4.78, 5) is 15.7. The van der Waals surface area contributed by atoms with Crippen LogP contribution < -0.4 is 16.4 Å². The Hall–Kier alpha value is -2.56. The number of carbonyl (C=O) groups excluding carboxylic acids is 1. The first-order valence-electron chi connectivity index (χ1n) is 6.50. The van der Waals surface area contributed by atoms with Crippen LogP contribution in [0.5, 0.6) is 0 Å². The van der Waals surface area contributed by atoms with E-state index in [1.165, 1.54) is 0 Å². The van der Waals surface area contributed by atoms with Crippen LogP contribution in [0.1, 0.15) is 16.8 Å². The highest BCUT2D eigenvalue weighted by Gasteiger charge is 2.19. The van der Waals surface area contributed by atoms with Crippen LogP contribution in [-0.4, -0.2) is 10.9 Å². The second-order valence-corrected chi connectivity index (χ2v) is 4.94. The largest absolute Gasteiger partial charge is 0.397 e. The van der Waals surface area contributed by atoms with Crippen molar-refractivity contribution in [3.63, 3.8) is 0 Å². The van der Waals surface area contributed by atoms with Gasteiger partial charge in [0.15, 0.2) is 0 Å². The van der Waals surface area contributed by atoms with Crippen LogP contribution in [0, 0.1) is 6.92 Å². The molecule has 2 aromatic rings. The van der Waals surface area contributed by atoms with E-state index < -0.39 is 0 Å². The molecule has 20 heavy (non-hydrogen) atoms. The van der Waals surface area contributed by atoms with E-state index in [2.05, 4.69) is 15.6 Å². The number of amides is 1. The van der Waals surface area contributed by atoms with E-state index in [1.807, 2.05) is 31.2 Å². The molecule has 2 heterocycles. The Bertz CT molecular complexity index is 682. The molecule has 0 saturated carbocycles. The Morgan fingerprint density at radius 2 is 2.30 bits per heavy atom. The number of anilines is 3. The molecular weight excluding hydrogens is 252 g/mol. The topological polar surface area (TPSA) is 80.0 Å². The lowest BCUT2D eigenvalue weighted by Gasteiger charge is -2.12. The molecule has 4 N–H and O–H groups in total. The quantitative estimate of drug-likeness (QED) is 0.745. The number of nitrogens with zero attached hydrogens (tertiary/aromatic N) is 1. The summed E-state index contributed by atoms with van der Waals surface area (Å²) in [6.07, 6.45) is 2.18. The van der Waals surface area contributed by atoms with Crippen molar-refractivity contribution in [3.8, 4) is 0 Å². The van der Waals surface area contributed by atoms with E-state index in [1.54, 1.807) is 6.20 Å². The number of carbonyl (C=O) groups is 1. The molecule has 0 spiro atoms. The Balaban J connectivity index is 1.80. The Morgan fingerprint density at radius 3 is 3.10 bits per heavy atom. The van der Waals surface area contributed by atoms with Crippen LogP contribution in [0.3, 0.4) is 0 Å². The smallest absolute Gasteiger partial charge is 0.228 e. The zero-order valence-corrected chi connectivity index (χ0v) is 11.2. The Morgan fingerprint density at radius 1 is 1.45 bits per heavy atom. The van der Waals surface area contributed by atoms with Crippen LogP contribution in [0.25, 0.3) is 0 Å². The highest BCUT2D eigenvalue weighted by molar-refractivity contribution is 6.00. The molecule has 102 valence electrons. The average molecular weight is 268 g/mol. The second-order valence-electron chi connectivity index (χ2n) is 4.94. The van der Waals surface area contributed by atoms with Crippen molar-refractivity contribution in [1.29, 1.82) is 0 Å². The predicted molar refractivity (Wildman–Crippen MR) is 79.5 cm³/mol. The van der Waals surface area contributed by atoms with Crippen LogP contribution in [-0.2, 0) is 17.8 Å². The minimum Gasteiger partial charge on any atom is -0.397 e. The van der Waals surface area contributed by atoms with Crippen molar-refractivity contribution in [2.45, 2.75) is 19.9 Å². The number of aryl methyl sites for hydroxylation is 1. The van der Waals surface area contributed by atoms with E-state index in [0.29, 0.717) is 18.7 Å². The van der Waals surface area contributed by atoms with Crippen molar-refractivity contribution in [3.05, 3.63) is 47.3 Å². The molecule has 1 aromatic carbocycles. The summed E-state index contributed by atoms with van der Waals surface area (Å²) >= 11 is 0. The minimum absolute atomic E-state index is 0.0112. The maximum Gasteiger partial charge on any atom is 0.228 e. The third-order valence-electron chi connectivity index (χ3n) is 3.46. The van der Waals surface area contributed by atoms with Gasteiger partial charge in [0.05, 0.1) is 30.0 Å². The van der Waals surface area contributed by atoms with Crippen molar-refractivity contribution in [2.75, 3.05) is 16.4 Å². The maximum atomic E-state index is 11.4. The number of rotatable bonds is 3. The summed E-state index contributed by atoms with van der Waals surface area (Å²) in [7, 11) is 0. The number of nitrogens with one attached hydrogen (secondary N) is 2. The lowest BCUT2D eigenvalue weighted by atomic mass is 10.1. The third-order valence-corrected chi connectivity index (χ3v) is 3.46. The summed E-state index contributed by atoms with van der Waals surface area (Å²) in [6, 6.07) is 7.67. The normalized spacial score (nSPS) is 12.9. The highest BCUT2D eigenvalue weighted by Crippen LogP contribution is 2.31. The summed E-state index contributed by atoms with van der Waals surface area (Å²) < 4.78 is 0. The molecule has 0 unspecified atom stereocenters. The Labute approximate surface area is 117 Å². The number of nitrogen functional groups attached to an aromatic ring is 1. The van der Waals surface area contributed by atoms with Crippen LogP contribution in [0.4, 0.5) is 17.1 Å². The number of nitrogens with two attached hydrogens (primary N) is 1. The van der Waals surface area contributed by atoms with Gasteiger partial charge in [-0.3, -0.25) is 9.78 Å². The lowest BCUT2D eigenvalue weighted by molar-refractivity contribution is -0.115. The molecule has 5 nitrogen and oxygen atoms in total. The maximum absolute atomic E-state index is 11.4. The average Bonchev–Trinajstić information content (AvgIpc) is 2.76. The molecule has 1 amide bonds. The van der Waals surface area contributed by atoms with Gasteiger partial charge < -0.3 is 16.4 Å². The molecule has 0 fully saturated rings. The van der Waals surface area contributed by atoms with Gasteiger partial charge in [0.1, 0.15) is 0 Å². The van der Waals surface area contributed by atoms with Crippen LogP contribution >= 0.6 is 0 Å². The molecule has 0 bridgehead atoms. The van der Waals surface area contributed by atoms with E-state index in [0.717, 1.165) is 28.2 Å². The van der Waals surface area contributed by atoms with Gasteiger partial charge in [0.2, 0.25) is 5.91 Å². The highest BCUT2D eigenvalue weighted by atomic mass is 16.1. The zero-order chi connectivity index (χ0) is 14.1. The molecule has 1 aliphatic rings. The van der Waals surface area contributed by atoms with Gasteiger partial charge in [-0.2, -0.15) is 0 Å². The number of hydrogen-bond donors (Lipinski definition) is 3. The number of pyridine rings is 1. The van der Waals surface area contributed by atoms with Gasteiger partial charge >= 0.3 is 0 Å². The van der Waals surface area contributed by atoms with E-state index in [9.17, 15) is 4.79 Å². The molecule has 0 saturated heterocycles. The van der Waals surface area contributed by atoms with Gasteiger partial charge in [0.25, 0.3) is 0 Å². The molecule has 0 atom stereocenters. The molecule has 0 radical (unpaired) electrons. The summed E-state index contributed by atoms with van der Waals surface area (Å²) in [5, 5.41) is 6.10. The van der Waals surface area contributed by atoms with E-state index in [-0.39, 0.29) is 5.91 Å². The number of fused-ring (bicyclic) bond motifs is 1. The SMILES string of the molecule is Cc1cccnc1CNc1cc2c(cc1N)CC(=O)N2. The fourth-order valence-electron chi connectivity index (χ4n) is 2.33. The first-order chi connectivity index (χ1) is 9.63. The van der Waals surface area contributed by atoms with Crippen molar-refractivity contribution in [2.24, 2.45) is 0 Å². The zero-order valence-electron chi connectivity index (χ0n) is 11.2. The Kier molecular flexibility index (Phi) is 3.02. The number of benzene rings is 1.